The van der Waals surface area contributed by atoms with Crippen molar-refractivity contribution in [2.24, 2.45) is 0 Å². The Hall–Kier alpha value is -1.38. The predicted octanol–water partition coefficient (Wildman–Crippen LogP) is 1.88. The number of rotatable bonds is 3. The minimum Gasteiger partial charge on any atom is -0.346 e. The second-order valence-electron chi connectivity index (χ2n) is 5.32. The minimum atomic E-state index is -0.373. The molecule has 0 saturated carbocycles. The molecular weight excluding hydrogens is 316 g/mol. The lowest BCUT2D eigenvalue weighted by Crippen LogP contribution is -2.41. The van der Waals surface area contributed by atoms with Crippen LogP contribution in [0.2, 0.25) is 4.47 Å². The summed E-state index contributed by atoms with van der Waals surface area (Å²) >= 11 is 7.27. The lowest BCUT2D eigenvalue weighted by Gasteiger charge is -2.32. The van der Waals surface area contributed by atoms with Crippen LogP contribution in [0.25, 0.3) is 0 Å². The van der Waals surface area contributed by atoms with E-state index < -0.39 is 0 Å². The zero-order valence-electron chi connectivity index (χ0n) is 11.1. The summed E-state index contributed by atoms with van der Waals surface area (Å²) in [5.41, 5.74) is 0.205. The molecule has 0 aromatic carbocycles. The van der Waals surface area contributed by atoms with Gasteiger partial charge in [-0.05, 0) is 12.8 Å². The molecule has 0 spiro atoms. The van der Waals surface area contributed by atoms with Crippen LogP contribution in [0.15, 0.2) is 17.7 Å². The molecule has 0 aliphatic carbocycles. The van der Waals surface area contributed by atoms with Crippen molar-refractivity contribution < 1.29 is 9.66 Å². The number of thiazole rings is 1. The molecule has 21 heavy (non-hydrogen) atoms. The van der Waals surface area contributed by atoms with Crippen LogP contribution in [0.3, 0.4) is 0 Å². The molecule has 0 radical (unpaired) electrons. The maximum Gasteiger partial charge on any atom is 0.314 e. The molecule has 3 aliphatic heterocycles. The normalized spacial score (nSPS) is 27.5. The highest BCUT2D eigenvalue weighted by atomic mass is 35.5. The number of hydrogen-bond donors (Lipinski definition) is 0. The van der Waals surface area contributed by atoms with Gasteiger partial charge >= 0.3 is 5.70 Å². The Kier molecular flexibility index (Phi) is 3.05. The summed E-state index contributed by atoms with van der Waals surface area (Å²) < 4.78 is 6.25. The van der Waals surface area contributed by atoms with E-state index in [2.05, 4.69) is 9.88 Å². The first kappa shape index (κ1) is 13.3. The number of fused-ring (bicyclic) bond motifs is 4. The van der Waals surface area contributed by atoms with Crippen molar-refractivity contribution in [3.63, 3.8) is 0 Å². The van der Waals surface area contributed by atoms with E-state index in [0.29, 0.717) is 11.0 Å². The molecule has 2 fully saturated rings. The monoisotopic (exact) mass is 328 g/mol. The van der Waals surface area contributed by atoms with Gasteiger partial charge in [-0.3, -0.25) is 10.1 Å². The van der Waals surface area contributed by atoms with Gasteiger partial charge in [0.25, 0.3) is 0 Å². The average molecular weight is 329 g/mol. The summed E-state index contributed by atoms with van der Waals surface area (Å²) in [5, 5.41) is 11.5. The van der Waals surface area contributed by atoms with Gasteiger partial charge in [0.05, 0.1) is 11.5 Å². The Labute approximate surface area is 129 Å². The van der Waals surface area contributed by atoms with Gasteiger partial charge in [0.15, 0.2) is 16.4 Å². The van der Waals surface area contributed by atoms with E-state index in [1.165, 1.54) is 11.3 Å². The molecule has 0 amide bonds. The largest absolute Gasteiger partial charge is 0.346 e. The van der Waals surface area contributed by atoms with Crippen LogP contribution >= 0.6 is 22.9 Å². The van der Waals surface area contributed by atoms with E-state index in [0.717, 1.165) is 36.6 Å². The third kappa shape index (κ3) is 2.09. The standard InChI is InChI=1S/C12H13ClN4O3S/c13-12-14-5-7(21-12)6-15-3-4-16-9-2-1-8(20-9)10(11(15)16)17(18)19/h5,8-9H,1-4,6H2/t8-,9+/m1/s1. The van der Waals surface area contributed by atoms with Gasteiger partial charge in [-0.15, -0.1) is 11.3 Å². The molecular formula is C12H13ClN4O3S. The molecule has 0 N–H and O–H groups in total. The summed E-state index contributed by atoms with van der Waals surface area (Å²) in [6.45, 7) is 2.12. The van der Waals surface area contributed by atoms with Crippen LogP contribution < -0.4 is 0 Å². The zero-order valence-corrected chi connectivity index (χ0v) is 12.6. The van der Waals surface area contributed by atoms with Crippen molar-refractivity contribution >= 4 is 22.9 Å². The fraction of sp³-hybridized carbons (Fsp3) is 0.583. The third-order valence-corrected chi connectivity index (χ3v) is 5.23. The molecule has 2 saturated heterocycles. The average Bonchev–Trinajstić information content (AvgIpc) is 3.13. The van der Waals surface area contributed by atoms with Gasteiger partial charge in [0, 0.05) is 24.2 Å². The molecule has 112 valence electrons. The number of ether oxygens (including phenoxy) is 1. The second kappa shape index (κ2) is 4.82. The number of nitro groups is 1. The van der Waals surface area contributed by atoms with E-state index >= 15 is 0 Å². The predicted molar refractivity (Wildman–Crippen MR) is 76.2 cm³/mol. The zero-order chi connectivity index (χ0) is 14.6. The summed E-state index contributed by atoms with van der Waals surface area (Å²) in [5.74, 6) is 0.725. The van der Waals surface area contributed by atoms with Crippen molar-refractivity contribution in [1.82, 2.24) is 14.8 Å². The van der Waals surface area contributed by atoms with Crippen LogP contribution in [-0.4, -0.2) is 45.1 Å². The lowest BCUT2D eigenvalue weighted by atomic mass is 10.2. The summed E-state index contributed by atoms with van der Waals surface area (Å²) in [6, 6.07) is 0. The van der Waals surface area contributed by atoms with Crippen molar-refractivity contribution in [2.75, 3.05) is 13.1 Å². The van der Waals surface area contributed by atoms with Crippen molar-refractivity contribution in [3.8, 4) is 0 Å². The van der Waals surface area contributed by atoms with Crippen LogP contribution in [-0.2, 0) is 11.3 Å². The van der Waals surface area contributed by atoms with E-state index in [4.69, 9.17) is 16.3 Å². The Morgan fingerprint density at radius 3 is 3.10 bits per heavy atom. The first-order valence-electron chi connectivity index (χ1n) is 6.79. The quantitative estimate of drug-likeness (QED) is 0.623. The molecule has 2 atom stereocenters. The molecule has 1 aromatic rings. The lowest BCUT2D eigenvalue weighted by molar-refractivity contribution is -0.443. The number of nitrogens with zero attached hydrogens (tertiary/aromatic N) is 4. The second-order valence-corrected chi connectivity index (χ2v) is 7.01. The van der Waals surface area contributed by atoms with Gasteiger partial charge in [-0.1, -0.05) is 11.6 Å². The molecule has 4 rings (SSSR count). The van der Waals surface area contributed by atoms with Gasteiger partial charge < -0.3 is 14.5 Å². The van der Waals surface area contributed by atoms with Gasteiger partial charge in [-0.2, -0.15) is 0 Å². The van der Waals surface area contributed by atoms with E-state index in [1.807, 2.05) is 4.90 Å². The molecule has 9 heteroatoms. The number of aromatic nitrogens is 1. The van der Waals surface area contributed by atoms with Crippen LogP contribution in [0.5, 0.6) is 0 Å². The van der Waals surface area contributed by atoms with Crippen molar-refractivity contribution in [3.05, 3.63) is 37.2 Å². The maximum absolute atomic E-state index is 11.5. The minimum absolute atomic E-state index is 0.0104. The first-order chi connectivity index (χ1) is 10.1. The first-order valence-corrected chi connectivity index (χ1v) is 7.99. The summed E-state index contributed by atoms with van der Waals surface area (Å²) in [6.07, 6.45) is 2.92. The van der Waals surface area contributed by atoms with Gasteiger partial charge in [0.2, 0.25) is 0 Å². The third-order valence-electron chi connectivity index (χ3n) is 4.13. The highest BCUT2D eigenvalue weighted by Crippen LogP contribution is 2.41. The van der Waals surface area contributed by atoms with E-state index in [9.17, 15) is 10.1 Å². The van der Waals surface area contributed by atoms with Crippen molar-refractivity contribution in [1.29, 1.82) is 0 Å². The fourth-order valence-electron chi connectivity index (χ4n) is 3.30. The summed E-state index contributed by atoms with van der Waals surface area (Å²) in [4.78, 5) is 20.3. The highest BCUT2D eigenvalue weighted by Gasteiger charge is 2.50. The Bertz CT molecular complexity index is 634. The van der Waals surface area contributed by atoms with E-state index in [-0.39, 0.29) is 23.0 Å². The Balaban J connectivity index is 1.69. The van der Waals surface area contributed by atoms with Gasteiger partial charge in [-0.25, -0.2) is 4.98 Å². The number of hydrogen-bond acceptors (Lipinski definition) is 7. The number of halogens is 1. The molecule has 0 unspecified atom stereocenters. The highest BCUT2D eigenvalue weighted by molar-refractivity contribution is 7.15. The SMILES string of the molecule is O=[N+]([O-])C1=C2N(Cc3cnc(Cl)s3)CCN2[C@@H]2CC[C@H]1O2. The maximum atomic E-state index is 11.5. The molecule has 1 aromatic heterocycles. The molecule has 7 nitrogen and oxygen atoms in total. The van der Waals surface area contributed by atoms with Crippen molar-refractivity contribution in [2.45, 2.75) is 31.7 Å². The topological polar surface area (TPSA) is 71.7 Å². The summed E-state index contributed by atoms with van der Waals surface area (Å²) in [7, 11) is 0. The molecule has 4 heterocycles. The smallest absolute Gasteiger partial charge is 0.314 e. The Morgan fingerprint density at radius 2 is 2.38 bits per heavy atom. The van der Waals surface area contributed by atoms with Crippen LogP contribution in [0.1, 0.15) is 17.7 Å². The van der Waals surface area contributed by atoms with Gasteiger partial charge in [0.1, 0.15) is 6.23 Å². The molecule has 3 aliphatic rings. The van der Waals surface area contributed by atoms with Crippen LogP contribution in [0, 0.1) is 10.1 Å². The molecule has 2 bridgehead atoms. The Morgan fingerprint density at radius 1 is 1.52 bits per heavy atom. The van der Waals surface area contributed by atoms with Crippen LogP contribution in [0.4, 0.5) is 0 Å². The fourth-order valence-corrected chi connectivity index (χ4v) is 4.30. The van der Waals surface area contributed by atoms with E-state index in [1.54, 1.807) is 6.20 Å².